The lowest BCUT2D eigenvalue weighted by molar-refractivity contribution is -0.0169. The summed E-state index contributed by atoms with van der Waals surface area (Å²) in [5, 5.41) is 0. The average Bonchev–Trinajstić information content (AvgIpc) is 2.68. The minimum Gasteiger partial charge on any atom is -0.379 e. The van der Waals surface area contributed by atoms with Crippen LogP contribution in [0.2, 0.25) is 0 Å². The van der Waals surface area contributed by atoms with E-state index >= 15 is 0 Å². The highest BCUT2D eigenvalue weighted by Gasteiger charge is 1.94. The molecule has 0 fully saturated rings. The van der Waals surface area contributed by atoms with Crippen molar-refractivity contribution >= 4 is 11.6 Å². The molecule has 0 unspecified atom stereocenters. The summed E-state index contributed by atoms with van der Waals surface area (Å²) in [5.74, 6) is 0.756. The molecule has 0 heterocycles. The number of halogens is 1. The minimum absolute atomic E-state index is 0.572. The quantitative estimate of drug-likeness (QED) is 0.178. The van der Waals surface area contributed by atoms with Crippen molar-refractivity contribution in [1.82, 2.24) is 0 Å². The molecule has 0 N–H and O–H groups in total. The van der Waals surface area contributed by atoms with Crippen LogP contribution in [0.25, 0.3) is 0 Å². The van der Waals surface area contributed by atoms with Crippen molar-refractivity contribution < 1.29 is 28.4 Å². The van der Waals surface area contributed by atoms with Gasteiger partial charge in [0.1, 0.15) is 0 Å². The van der Waals surface area contributed by atoms with Gasteiger partial charge in [-0.05, 0) is 19.3 Å². The van der Waals surface area contributed by atoms with Gasteiger partial charge >= 0.3 is 0 Å². The fourth-order valence-electron chi connectivity index (χ4n) is 2.10. The molecule has 0 aromatic rings. The van der Waals surface area contributed by atoms with Crippen LogP contribution in [-0.4, -0.2) is 85.2 Å². The zero-order chi connectivity index (χ0) is 19.7. The normalized spacial score (nSPS) is 11.3. The maximum atomic E-state index is 5.63. The zero-order valence-corrected chi connectivity index (χ0v) is 18.0. The molecule has 6 nitrogen and oxygen atoms in total. The van der Waals surface area contributed by atoms with Crippen molar-refractivity contribution in [3.63, 3.8) is 0 Å². The molecule has 0 saturated heterocycles. The standard InChI is InChI=1S/C20H41ClO6/c1-2-3-9-22-11-13-24-15-17-26-19-20-27-18-16-25-14-12-23-10-7-5-4-6-8-21/h2-20H2,1H3. The largest absolute Gasteiger partial charge is 0.379 e. The summed E-state index contributed by atoms with van der Waals surface area (Å²) in [6.07, 6.45) is 6.83. The average molecular weight is 413 g/mol. The second-order valence-electron chi connectivity index (χ2n) is 6.13. The van der Waals surface area contributed by atoms with Crippen LogP contribution in [0.5, 0.6) is 0 Å². The molecular weight excluding hydrogens is 372 g/mol. The molecule has 0 amide bonds. The predicted molar refractivity (Wildman–Crippen MR) is 109 cm³/mol. The Morgan fingerprint density at radius 1 is 0.407 bits per heavy atom. The van der Waals surface area contributed by atoms with Crippen LogP contribution >= 0.6 is 11.6 Å². The first-order chi connectivity index (χ1) is 13.4. The fourth-order valence-corrected chi connectivity index (χ4v) is 2.29. The number of alkyl halides is 1. The Hall–Kier alpha value is 0.0500. The van der Waals surface area contributed by atoms with Gasteiger partial charge in [-0.25, -0.2) is 0 Å². The summed E-state index contributed by atoms with van der Waals surface area (Å²) < 4.78 is 32.6. The summed E-state index contributed by atoms with van der Waals surface area (Å²) in [7, 11) is 0. The van der Waals surface area contributed by atoms with E-state index in [1.165, 1.54) is 12.8 Å². The first-order valence-electron chi connectivity index (χ1n) is 10.4. The van der Waals surface area contributed by atoms with E-state index in [1.807, 2.05) is 0 Å². The monoisotopic (exact) mass is 412 g/mol. The van der Waals surface area contributed by atoms with Gasteiger partial charge in [0.25, 0.3) is 0 Å². The molecule has 0 aliphatic carbocycles. The van der Waals surface area contributed by atoms with Gasteiger partial charge in [0.2, 0.25) is 0 Å². The lowest BCUT2D eigenvalue weighted by Crippen LogP contribution is -2.14. The molecule has 0 aromatic heterocycles. The predicted octanol–water partition coefficient (Wildman–Crippen LogP) is 3.69. The highest BCUT2D eigenvalue weighted by atomic mass is 35.5. The molecule has 0 aromatic carbocycles. The van der Waals surface area contributed by atoms with E-state index in [0.29, 0.717) is 66.1 Å². The lowest BCUT2D eigenvalue weighted by Gasteiger charge is -2.08. The van der Waals surface area contributed by atoms with Crippen LogP contribution in [0.1, 0.15) is 45.4 Å². The Labute approximate surface area is 171 Å². The van der Waals surface area contributed by atoms with E-state index in [2.05, 4.69) is 6.92 Å². The third-order valence-electron chi connectivity index (χ3n) is 3.67. The van der Waals surface area contributed by atoms with Crippen LogP contribution in [0.15, 0.2) is 0 Å². The minimum atomic E-state index is 0.572. The smallest absolute Gasteiger partial charge is 0.0701 e. The Balaban J connectivity index is 2.95. The summed E-state index contributed by atoms with van der Waals surface area (Å²) in [4.78, 5) is 0. The molecule has 0 bridgehead atoms. The van der Waals surface area contributed by atoms with Gasteiger partial charge in [-0.1, -0.05) is 26.2 Å². The van der Waals surface area contributed by atoms with Crippen molar-refractivity contribution in [2.75, 3.05) is 85.2 Å². The Bertz CT molecular complexity index is 235. The van der Waals surface area contributed by atoms with Gasteiger partial charge in [-0.2, -0.15) is 0 Å². The summed E-state index contributed by atoms with van der Waals surface area (Å²) in [5.41, 5.74) is 0. The molecule has 0 spiro atoms. The van der Waals surface area contributed by atoms with E-state index < -0.39 is 0 Å². The molecule has 0 radical (unpaired) electrons. The van der Waals surface area contributed by atoms with Gasteiger partial charge < -0.3 is 28.4 Å². The highest BCUT2D eigenvalue weighted by Crippen LogP contribution is 2.01. The van der Waals surface area contributed by atoms with Gasteiger partial charge in [0, 0.05) is 19.1 Å². The SMILES string of the molecule is CCCCOCCOCCOCCOCCOCCOCCCCCCCl. The molecule has 27 heavy (non-hydrogen) atoms. The molecule has 0 aliphatic heterocycles. The zero-order valence-electron chi connectivity index (χ0n) is 17.3. The lowest BCUT2D eigenvalue weighted by atomic mass is 10.2. The summed E-state index contributed by atoms with van der Waals surface area (Å²) in [6, 6.07) is 0. The topological polar surface area (TPSA) is 55.4 Å². The molecule has 0 aliphatic rings. The van der Waals surface area contributed by atoms with Gasteiger partial charge in [-0.3, -0.25) is 0 Å². The third-order valence-corrected chi connectivity index (χ3v) is 3.94. The first-order valence-corrected chi connectivity index (χ1v) is 11.0. The highest BCUT2D eigenvalue weighted by molar-refractivity contribution is 6.17. The van der Waals surface area contributed by atoms with E-state index in [9.17, 15) is 0 Å². The second kappa shape index (κ2) is 26.1. The van der Waals surface area contributed by atoms with Crippen LogP contribution in [0.4, 0.5) is 0 Å². The van der Waals surface area contributed by atoms with Crippen LogP contribution in [-0.2, 0) is 28.4 Å². The van der Waals surface area contributed by atoms with Crippen LogP contribution in [0.3, 0.4) is 0 Å². The molecule has 0 atom stereocenters. The van der Waals surface area contributed by atoms with E-state index in [4.69, 9.17) is 40.0 Å². The van der Waals surface area contributed by atoms with E-state index in [1.54, 1.807) is 0 Å². The molecule has 0 rings (SSSR count). The van der Waals surface area contributed by atoms with Crippen molar-refractivity contribution in [3.8, 4) is 0 Å². The molecule has 0 saturated carbocycles. The molecular formula is C20H41ClO6. The van der Waals surface area contributed by atoms with E-state index in [-0.39, 0.29) is 0 Å². The van der Waals surface area contributed by atoms with Crippen molar-refractivity contribution in [1.29, 1.82) is 0 Å². The summed E-state index contributed by atoms with van der Waals surface area (Å²) in [6.45, 7) is 9.78. The van der Waals surface area contributed by atoms with Gasteiger partial charge in [0.15, 0.2) is 0 Å². The Morgan fingerprint density at radius 2 is 0.741 bits per heavy atom. The molecule has 7 heteroatoms. The Morgan fingerprint density at radius 3 is 1.11 bits per heavy atom. The van der Waals surface area contributed by atoms with Crippen molar-refractivity contribution in [2.45, 2.75) is 45.4 Å². The van der Waals surface area contributed by atoms with Crippen LogP contribution in [0, 0.1) is 0 Å². The van der Waals surface area contributed by atoms with Crippen LogP contribution < -0.4 is 0 Å². The number of unbranched alkanes of at least 4 members (excludes halogenated alkanes) is 4. The maximum Gasteiger partial charge on any atom is 0.0701 e. The number of ether oxygens (including phenoxy) is 6. The van der Waals surface area contributed by atoms with E-state index in [0.717, 1.165) is 44.8 Å². The molecule has 164 valence electrons. The Kier molecular flexibility index (Phi) is 26.1. The number of rotatable bonds is 24. The third kappa shape index (κ3) is 26.1. The van der Waals surface area contributed by atoms with Crippen molar-refractivity contribution in [2.24, 2.45) is 0 Å². The van der Waals surface area contributed by atoms with Gasteiger partial charge in [-0.15, -0.1) is 11.6 Å². The number of hydrogen-bond acceptors (Lipinski definition) is 6. The fraction of sp³-hybridized carbons (Fsp3) is 1.00. The van der Waals surface area contributed by atoms with Crippen molar-refractivity contribution in [3.05, 3.63) is 0 Å². The number of hydrogen-bond donors (Lipinski definition) is 0. The maximum absolute atomic E-state index is 5.63. The second-order valence-corrected chi connectivity index (χ2v) is 6.51. The van der Waals surface area contributed by atoms with Gasteiger partial charge in [0.05, 0.1) is 66.1 Å². The first kappa shape index (κ1) is 27.0. The summed E-state index contributed by atoms with van der Waals surface area (Å²) >= 11 is 5.63.